The second-order valence-corrected chi connectivity index (χ2v) is 9.84. The first kappa shape index (κ1) is 16.7. The van der Waals surface area contributed by atoms with E-state index in [9.17, 15) is 19.5 Å². The van der Waals surface area contributed by atoms with Gasteiger partial charge in [-0.15, -0.1) is 0 Å². The van der Waals surface area contributed by atoms with Gasteiger partial charge in [-0.3, -0.25) is 14.4 Å². The molecule has 5 fully saturated rings. The van der Waals surface area contributed by atoms with Crippen LogP contribution < -0.4 is 0 Å². The van der Waals surface area contributed by atoms with Crippen molar-refractivity contribution in [1.82, 2.24) is 0 Å². The number of hydrogen-bond donors (Lipinski definition) is 1. The topological polar surface area (TPSA) is 89.9 Å². The molecule has 2 aliphatic heterocycles. The van der Waals surface area contributed by atoms with E-state index in [1.54, 1.807) is 0 Å². The van der Waals surface area contributed by atoms with Crippen LogP contribution in [0.5, 0.6) is 0 Å². The Bertz CT molecular complexity index is 728. The summed E-state index contributed by atoms with van der Waals surface area (Å²) < 4.78 is 11.4. The van der Waals surface area contributed by atoms with E-state index in [0.717, 1.165) is 12.8 Å². The molecule has 8 atom stereocenters. The minimum absolute atomic E-state index is 0.00940. The van der Waals surface area contributed by atoms with Gasteiger partial charge in [-0.05, 0) is 31.1 Å². The van der Waals surface area contributed by atoms with Crippen molar-refractivity contribution in [2.75, 3.05) is 6.61 Å². The summed E-state index contributed by atoms with van der Waals surface area (Å²) in [6.07, 6.45) is 1.15. The first-order valence-corrected chi connectivity index (χ1v) is 9.77. The van der Waals surface area contributed by atoms with Crippen LogP contribution in [-0.2, 0) is 23.9 Å². The lowest BCUT2D eigenvalue weighted by Crippen LogP contribution is -2.70. The minimum atomic E-state index is -1.12. The van der Waals surface area contributed by atoms with Gasteiger partial charge in [0, 0.05) is 17.8 Å². The Kier molecular flexibility index (Phi) is 3.02. The number of Topliss-reactive ketones (excluding diaryl/α,β-unsaturated/α-hetero) is 1. The molecule has 142 valence electrons. The van der Waals surface area contributed by atoms with Gasteiger partial charge in [-0.2, -0.15) is 0 Å². The Balaban J connectivity index is 1.72. The summed E-state index contributed by atoms with van der Waals surface area (Å²) in [4.78, 5) is 39.1. The summed E-state index contributed by atoms with van der Waals surface area (Å²) in [6.45, 7) is 5.88. The van der Waals surface area contributed by atoms with Crippen LogP contribution >= 0.6 is 0 Å². The average Bonchev–Trinajstić information content (AvgIpc) is 3.03. The van der Waals surface area contributed by atoms with Crippen LogP contribution in [-0.4, -0.2) is 41.6 Å². The zero-order chi connectivity index (χ0) is 18.6. The summed E-state index contributed by atoms with van der Waals surface area (Å²) >= 11 is 0. The zero-order valence-corrected chi connectivity index (χ0v) is 15.5. The second kappa shape index (κ2) is 4.70. The molecule has 0 unspecified atom stereocenters. The van der Waals surface area contributed by atoms with Gasteiger partial charge >= 0.3 is 11.9 Å². The second-order valence-electron chi connectivity index (χ2n) is 9.84. The molecule has 0 radical (unpaired) electrons. The molecule has 6 nitrogen and oxygen atoms in total. The number of ketones is 1. The van der Waals surface area contributed by atoms with Crippen molar-refractivity contribution < 1.29 is 29.0 Å². The number of hydrogen-bond acceptors (Lipinski definition) is 6. The number of fused-ring (bicyclic) bond motifs is 1. The summed E-state index contributed by atoms with van der Waals surface area (Å²) in [5.74, 6) is -1.48. The highest BCUT2D eigenvalue weighted by molar-refractivity contribution is 6.08. The van der Waals surface area contributed by atoms with Crippen molar-refractivity contribution >= 4 is 17.7 Å². The predicted octanol–water partition coefficient (Wildman–Crippen LogP) is 1.48. The molecule has 3 saturated carbocycles. The molecular formula is C20H26O6. The van der Waals surface area contributed by atoms with Crippen LogP contribution in [0.3, 0.4) is 0 Å². The van der Waals surface area contributed by atoms with Gasteiger partial charge in [0.2, 0.25) is 0 Å². The van der Waals surface area contributed by atoms with Crippen LogP contribution in [0.25, 0.3) is 0 Å². The van der Waals surface area contributed by atoms with E-state index in [-0.39, 0.29) is 36.1 Å². The highest BCUT2D eigenvalue weighted by atomic mass is 16.6. The summed E-state index contributed by atoms with van der Waals surface area (Å²) in [5, 5.41) is 10.7. The molecular weight excluding hydrogens is 336 g/mol. The SMILES string of the molecule is C[C@H]1C(=O)[C@]23C[C@@H]1CC[C@H]2[C@@]12COC(=O)[C@@H]1C(C)(C)[C@@H](O)C[C@@H]2OC3=O. The zero-order valence-electron chi connectivity index (χ0n) is 15.5. The molecule has 2 heterocycles. The van der Waals surface area contributed by atoms with E-state index < -0.39 is 40.3 Å². The van der Waals surface area contributed by atoms with Crippen LogP contribution in [0, 0.1) is 39.9 Å². The number of ether oxygens (including phenoxy) is 2. The summed E-state index contributed by atoms with van der Waals surface area (Å²) in [7, 11) is 0. The summed E-state index contributed by atoms with van der Waals surface area (Å²) in [6, 6.07) is 0. The van der Waals surface area contributed by atoms with Crippen LogP contribution in [0.4, 0.5) is 0 Å². The van der Waals surface area contributed by atoms with E-state index in [0.29, 0.717) is 12.8 Å². The van der Waals surface area contributed by atoms with Gasteiger partial charge in [0.25, 0.3) is 0 Å². The normalized spacial score (nSPS) is 54.1. The molecule has 0 aromatic rings. The Morgan fingerprint density at radius 2 is 1.88 bits per heavy atom. The number of carbonyl (C=O) groups excluding carboxylic acids is 3. The van der Waals surface area contributed by atoms with Crippen molar-refractivity contribution in [1.29, 1.82) is 0 Å². The highest BCUT2D eigenvalue weighted by Crippen LogP contribution is 2.70. The van der Waals surface area contributed by atoms with Gasteiger partial charge in [0.15, 0.2) is 5.78 Å². The van der Waals surface area contributed by atoms with Gasteiger partial charge in [0.05, 0.1) is 17.4 Å². The van der Waals surface area contributed by atoms with E-state index >= 15 is 0 Å². The van der Waals surface area contributed by atoms with Crippen molar-refractivity contribution in [3.05, 3.63) is 0 Å². The summed E-state index contributed by atoms with van der Waals surface area (Å²) in [5.41, 5.74) is -2.50. The van der Waals surface area contributed by atoms with Gasteiger partial charge < -0.3 is 14.6 Å². The minimum Gasteiger partial charge on any atom is -0.465 e. The number of carbonyl (C=O) groups is 3. The molecule has 26 heavy (non-hydrogen) atoms. The van der Waals surface area contributed by atoms with Gasteiger partial charge in [-0.1, -0.05) is 20.8 Å². The molecule has 2 spiro atoms. The van der Waals surface area contributed by atoms with Crippen LogP contribution in [0.1, 0.15) is 46.5 Å². The first-order chi connectivity index (χ1) is 12.2. The fourth-order valence-corrected chi connectivity index (χ4v) is 7.35. The Morgan fingerprint density at radius 3 is 2.62 bits per heavy atom. The van der Waals surface area contributed by atoms with Gasteiger partial charge in [0.1, 0.15) is 18.1 Å². The Labute approximate surface area is 152 Å². The third-order valence-corrected chi connectivity index (χ3v) is 8.71. The molecule has 3 aliphatic carbocycles. The molecule has 0 aromatic heterocycles. The molecule has 1 N–H and O–H groups in total. The van der Waals surface area contributed by atoms with Gasteiger partial charge in [-0.25, -0.2) is 0 Å². The number of cyclic esters (lactones) is 1. The van der Waals surface area contributed by atoms with Crippen LogP contribution in [0.15, 0.2) is 0 Å². The lowest BCUT2D eigenvalue weighted by Gasteiger charge is -2.61. The van der Waals surface area contributed by atoms with E-state index in [2.05, 4.69) is 0 Å². The number of rotatable bonds is 0. The number of aliphatic hydroxyl groups is 1. The standard InChI is InChI=1S/C20H26O6/c1-9-10-4-5-11-19(7-10,15(9)22)17(24)26-13-6-12(21)18(2,3)14-16(23)25-8-20(11,13)14/h9-14,21H,4-8H2,1-3H3/t9-,10+,11-,12+,13+,14-,19+,20-/m1/s1. The van der Waals surface area contributed by atoms with E-state index in [1.807, 2.05) is 20.8 Å². The predicted molar refractivity (Wildman–Crippen MR) is 88.6 cm³/mol. The smallest absolute Gasteiger partial charge is 0.320 e. The Morgan fingerprint density at radius 1 is 1.15 bits per heavy atom. The fourth-order valence-electron chi connectivity index (χ4n) is 7.35. The van der Waals surface area contributed by atoms with Crippen molar-refractivity contribution in [2.45, 2.75) is 58.7 Å². The number of aliphatic hydroxyl groups excluding tert-OH is 1. The molecule has 5 aliphatic rings. The largest absolute Gasteiger partial charge is 0.465 e. The third-order valence-electron chi connectivity index (χ3n) is 8.71. The average molecular weight is 362 g/mol. The quantitative estimate of drug-likeness (QED) is 0.519. The third kappa shape index (κ3) is 1.54. The van der Waals surface area contributed by atoms with E-state index in [4.69, 9.17) is 9.47 Å². The maximum atomic E-state index is 13.2. The van der Waals surface area contributed by atoms with Crippen molar-refractivity contribution in [2.24, 2.45) is 39.9 Å². The lowest BCUT2D eigenvalue weighted by molar-refractivity contribution is -0.245. The van der Waals surface area contributed by atoms with E-state index in [1.165, 1.54) is 0 Å². The molecule has 0 aromatic carbocycles. The lowest BCUT2D eigenvalue weighted by atomic mass is 9.43. The molecule has 2 bridgehead atoms. The maximum Gasteiger partial charge on any atom is 0.320 e. The molecule has 6 heteroatoms. The number of esters is 2. The van der Waals surface area contributed by atoms with Crippen molar-refractivity contribution in [3.8, 4) is 0 Å². The first-order valence-electron chi connectivity index (χ1n) is 9.77. The fraction of sp³-hybridized carbons (Fsp3) is 0.850. The molecule has 0 amide bonds. The Hall–Kier alpha value is -1.43. The monoisotopic (exact) mass is 362 g/mol. The molecule has 2 saturated heterocycles. The van der Waals surface area contributed by atoms with Crippen LogP contribution in [0.2, 0.25) is 0 Å². The highest BCUT2D eigenvalue weighted by Gasteiger charge is 2.79. The van der Waals surface area contributed by atoms with Crippen molar-refractivity contribution in [3.63, 3.8) is 0 Å². The molecule has 5 rings (SSSR count). The maximum absolute atomic E-state index is 13.2.